The fourth-order valence-corrected chi connectivity index (χ4v) is 4.44. The molecule has 1 aliphatic rings. The van der Waals surface area contributed by atoms with Crippen LogP contribution in [-0.2, 0) is 21.0 Å². The molecule has 1 aliphatic heterocycles. The van der Waals surface area contributed by atoms with Gasteiger partial charge in [0.1, 0.15) is 11.2 Å². The van der Waals surface area contributed by atoms with Crippen molar-refractivity contribution in [2.75, 3.05) is 31.3 Å². The maximum Gasteiger partial charge on any atom is 0.305 e. The van der Waals surface area contributed by atoms with Gasteiger partial charge in [-0.15, -0.1) is 0 Å². The first-order valence-electron chi connectivity index (χ1n) is 10.1. The number of nitrogens with zero attached hydrogens (tertiary/aromatic N) is 3. The van der Waals surface area contributed by atoms with Gasteiger partial charge in [-0.3, -0.25) is 9.59 Å². The minimum Gasteiger partial charge on any atom is -0.481 e. The second-order valence-electron chi connectivity index (χ2n) is 8.56. The topological polar surface area (TPSA) is 93.9 Å². The Morgan fingerprint density at radius 3 is 2.76 bits per heavy atom. The predicted molar refractivity (Wildman–Crippen MR) is 118 cm³/mol. The Morgan fingerprint density at radius 2 is 2.07 bits per heavy atom. The molecule has 1 atom stereocenters. The zero-order valence-electron chi connectivity index (χ0n) is 17.5. The van der Waals surface area contributed by atoms with Gasteiger partial charge in [0.15, 0.2) is 0 Å². The van der Waals surface area contributed by atoms with E-state index in [2.05, 4.69) is 45.6 Å². The lowest BCUT2D eigenvalue weighted by Crippen LogP contribution is -2.44. The van der Waals surface area contributed by atoms with Gasteiger partial charge in [0, 0.05) is 21.2 Å². The van der Waals surface area contributed by atoms with E-state index < -0.39 is 14.0 Å². The van der Waals surface area contributed by atoms with Crippen molar-refractivity contribution in [1.29, 1.82) is 0 Å². The fraction of sp³-hybridized carbons (Fsp3) is 0.737. The molecule has 0 aromatic carbocycles. The van der Waals surface area contributed by atoms with Gasteiger partial charge < -0.3 is 19.5 Å². The molecule has 10 heteroatoms. The van der Waals surface area contributed by atoms with Crippen LogP contribution >= 0.6 is 15.9 Å². The Labute approximate surface area is 181 Å². The molecule has 0 saturated carbocycles. The van der Waals surface area contributed by atoms with Crippen LogP contribution < -0.4 is 10.5 Å². The highest BCUT2D eigenvalue weighted by atomic mass is 79.9. The summed E-state index contributed by atoms with van der Waals surface area (Å²) in [5.41, 5.74) is 0.534. The van der Waals surface area contributed by atoms with Gasteiger partial charge in [-0.25, -0.2) is 4.68 Å². The number of hydrogen-bond acceptors (Lipinski definition) is 6. The number of ether oxygens (including phenoxy) is 2. The summed E-state index contributed by atoms with van der Waals surface area (Å²) in [7, 11) is -1.17. The van der Waals surface area contributed by atoms with Gasteiger partial charge in [-0.1, -0.05) is 19.6 Å². The molecule has 0 amide bonds. The maximum atomic E-state index is 12.7. The van der Waals surface area contributed by atoms with Crippen molar-refractivity contribution < 1.29 is 19.4 Å². The van der Waals surface area contributed by atoms with E-state index in [1.165, 1.54) is 4.68 Å². The Balaban J connectivity index is 2.01. The standard InChI is InChI=1S/C19H32BrN3O5Si/c1-29(2,3)11-10-28-14-23-19(26)18(20)16(12-21-23)22-8-5-4-6-15(22)13-27-9-7-17(24)25/h12,15H,4-11,13-14H2,1-3H3,(H,24,25). The van der Waals surface area contributed by atoms with E-state index in [4.69, 9.17) is 14.6 Å². The van der Waals surface area contributed by atoms with Crippen molar-refractivity contribution in [3.63, 3.8) is 0 Å². The molecular formula is C19H32BrN3O5Si. The van der Waals surface area contributed by atoms with E-state index in [1.54, 1.807) is 6.20 Å². The molecule has 1 aromatic heterocycles. The number of aromatic nitrogens is 2. The summed E-state index contributed by atoms with van der Waals surface area (Å²) in [6.07, 6.45) is 4.73. The van der Waals surface area contributed by atoms with Crippen LogP contribution in [0.2, 0.25) is 25.7 Å². The van der Waals surface area contributed by atoms with Gasteiger partial charge in [0.25, 0.3) is 5.56 Å². The molecule has 1 saturated heterocycles. The number of carbonyl (C=O) groups is 1. The monoisotopic (exact) mass is 489 g/mol. The average molecular weight is 490 g/mol. The molecule has 1 fully saturated rings. The third-order valence-corrected chi connectivity index (χ3v) is 7.33. The summed E-state index contributed by atoms with van der Waals surface area (Å²) in [5, 5.41) is 13.0. The van der Waals surface area contributed by atoms with E-state index in [9.17, 15) is 9.59 Å². The van der Waals surface area contributed by atoms with Crippen molar-refractivity contribution in [1.82, 2.24) is 9.78 Å². The van der Waals surface area contributed by atoms with Crippen molar-refractivity contribution in [3.05, 3.63) is 21.0 Å². The van der Waals surface area contributed by atoms with Crippen molar-refractivity contribution in [2.24, 2.45) is 0 Å². The largest absolute Gasteiger partial charge is 0.481 e. The highest BCUT2D eigenvalue weighted by Crippen LogP contribution is 2.29. The lowest BCUT2D eigenvalue weighted by molar-refractivity contribution is -0.138. The molecule has 0 spiro atoms. The van der Waals surface area contributed by atoms with E-state index >= 15 is 0 Å². The second-order valence-corrected chi connectivity index (χ2v) is 15.0. The smallest absolute Gasteiger partial charge is 0.305 e. The number of halogens is 1. The highest BCUT2D eigenvalue weighted by Gasteiger charge is 2.26. The van der Waals surface area contributed by atoms with Crippen LogP contribution in [0.1, 0.15) is 25.7 Å². The van der Waals surface area contributed by atoms with Crippen LogP contribution in [0.25, 0.3) is 0 Å². The van der Waals surface area contributed by atoms with E-state index in [-0.39, 0.29) is 31.4 Å². The average Bonchev–Trinajstić information content (AvgIpc) is 2.65. The molecule has 1 unspecified atom stereocenters. The van der Waals surface area contributed by atoms with Crippen molar-refractivity contribution in [3.8, 4) is 0 Å². The highest BCUT2D eigenvalue weighted by molar-refractivity contribution is 9.10. The molecule has 8 nitrogen and oxygen atoms in total. The molecule has 2 rings (SSSR count). The molecule has 2 heterocycles. The van der Waals surface area contributed by atoms with Crippen LogP contribution in [0.4, 0.5) is 5.69 Å². The number of carboxylic acid groups (broad SMARTS) is 1. The zero-order chi connectivity index (χ0) is 21.4. The molecule has 0 radical (unpaired) electrons. The molecule has 29 heavy (non-hydrogen) atoms. The normalized spacial score (nSPS) is 17.5. The fourth-order valence-electron chi connectivity index (χ4n) is 3.15. The number of anilines is 1. The summed E-state index contributed by atoms with van der Waals surface area (Å²) >= 11 is 3.45. The zero-order valence-corrected chi connectivity index (χ0v) is 20.1. The predicted octanol–water partition coefficient (Wildman–Crippen LogP) is 3.17. The van der Waals surface area contributed by atoms with Gasteiger partial charge in [-0.2, -0.15) is 5.10 Å². The summed E-state index contributed by atoms with van der Waals surface area (Å²) in [6.45, 7) is 9.06. The van der Waals surface area contributed by atoms with E-state index in [0.717, 1.165) is 37.5 Å². The first-order valence-corrected chi connectivity index (χ1v) is 14.6. The van der Waals surface area contributed by atoms with Gasteiger partial charge in [0.05, 0.1) is 37.6 Å². The van der Waals surface area contributed by atoms with Gasteiger partial charge >= 0.3 is 5.97 Å². The molecule has 164 valence electrons. The van der Waals surface area contributed by atoms with Crippen LogP contribution in [-0.4, -0.2) is 61.3 Å². The number of aliphatic carboxylic acids is 1. The van der Waals surface area contributed by atoms with E-state index in [1.807, 2.05) is 0 Å². The number of carboxylic acids is 1. The van der Waals surface area contributed by atoms with Gasteiger partial charge in [-0.05, 0) is 41.2 Å². The molecular weight excluding hydrogens is 458 g/mol. The van der Waals surface area contributed by atoms with E-state index in [0.29, 0.717) is 17.7 Å². The quantitative estimate of drug-likeness (QED) is 0.376. The second kappa shape index (κ2) is 11.2. The first-order chi connectivity index (χ1) is 13.7. The van der Waals surface area contributed by atoms with Crippen LogP contribution in [0.5, 0.6) is 0 Å². The summed E-state index contributed by atoms with van der Waals surface area (Å²) in [5.74, 6) is -0.867. The van der Waals surface area contributed by atoms with Crippen LogP contribution in [0.15, 0.2) is 15.5 Å². The Bertz CT molecular complexity index is 738. The molecule has 0 aliphatic carbocycles. The van der Waals surface area contributed by atoms with Crippen LogP contribution in [0, 0.1) is 0 Å². The summed E-state index contributed by atoms with van der Waals surface area (Å²) in [4.78, 5) is 25.5. The lowest BCUT2D eigenvalue weighted by Gasteiger charge is -2.37. The lowest BCUT2D eigenvalue weighted by atomic mass is 10.0. The minimum absolute atomic E-state index is 0.00822. The van der Waals surface area contributed by atoms with Crippen molar-refractivity contribution >= 4 is 35.7 Å². The molecule has 1 N–H and O–H groups in total. The minimum atomic E-state index is -1.17. The Morgan fingerprint density at radius 1 is 1.31 bits per heavy atom. The number of piperidine rings is 1. The third-order valence-electron chi connectivity index (χ3n) is 4.88. The maximum absolute atomic E-state index is 12.7. The summed E-state index contributed by atoms with van der Waals surface area (Å²) in [6, 6.07) is 1.14. The number of rotatable bonds is 11. The van der Waals surface area contributed by atoms with Crippen molar-refractivity contribution in [2.45, 2.75) is 64.1 Å². The van der Waals surface area contributed by atoms with Gasteiger partial charge in [0.2, 0.25) is 0 Å². The summed E-state index contributed by atoms with van der Waals surface area (Å²) < 4.78 is 13.0. The third kappa shape index (κ3) is 7.84. The molecule has 1 aromatic rings. The Hall–Kier alpha value is -1.23. The first kappa shape index (κ1) is 24.0. The van der Waals surface area contributed by atoms with Crippen LogP contribution in [0.3, 0.4) is 0 Å². The SMILES string of the molecule is C[Si](C)(C)CCOCn1ncc(N2CCCCC2COCCC(=O)O)c(Br)c1=O. The number of hydrogen-bond donors (Lipinski definition) is 1. The molecule has 0 bridgehead atoms. The Kier molecular flexibility index (Phi) is 9.32.